The number of nitrogens with zero attached hydrogens (tertiary/aromatic N) is 3. The number of Topliss-reactive ketones (excluding diaryl/α,β-unsaturated/α-hetero) is 1. The Hall–Kier alpha value is -3.26. The maximum atomic E-state index is 11.7. The van der Waals surface area contributed by atoms with Gasteiger partial charge in [-0.2, -0.15) is 0 Å². The van der Waals surface area contributed by atoms with Gasteiger partial charge in [0.05, 0.1) is 13.2 Å². The molecule has 0 aliphatic heterocycles. The normalized spacial score (nSPS) is 10.4. The molecule has 28 heavy (non-hydrogen) atoms. The van der Waals surface area contributed by atoms with Crippen LogP contribution in [0.4, 0.5) is 0 Å². The molecule has 0 aliphatic carbocycles. The Labute approximate surface area is 162 Å². The summed E-state index contributed by atoms with van der Waals surface area (Å²) in [6.45, 7) is 4.10. The zero-order valence-electron chi connectivity index (χ0n) is 16.0. The third-order valence-electron chi connectivity index (χ3n) is 2.91. The van der Waals surface area contributed by atoms with E-state index in [-0.39, 0.29) is 43.5 Å². The minimum atomic E-state index is -0.682. The highest BCUT2D eigenvalue weighted by Gasteiger charge is 2.17. The molecular formula is C18H23N3O7. The molecule has 0 radical (unpaired) electrons. The first kappa shape index (κ1) is 22.8. The lowest BCUT2D eigenvalue weighted by Crippen LogP contribution is -2.27. The van der Waals surface area contributed by atoms with Crippen molar-refractivity contribution in [1.29, 1.82) is 0 Å². The van der Waals surface area contributed by atoms with Crippen molar-refractivity contribution >= 4 is 17.7 Å². The van der Waals surface area contributed by atoms with Gasteiger partial charge in [-0.25, -0.2) is 9.59 Å². The molecule has 152 valence electrons. The fraction of sp³-hybridized carbons (Fsp3) is 0.500. The molecule has 10 heteroatoms. The maximum Gasteiger partial charge on any atom is 0.344 e. The summed E-state index contributed by atoms with van der Waals surface area (Å²) in [7, 11) is 0. The first-order valence-corrected chi connectivity index (χ1v) is 8.46. The standard InChI is InChI=1S/C18H23N3O7/c1-18(2,3)28-17(24)12-27-15-7-5-4-6-14(15)26-11-16(23)25-9-8-13(22)10-20-21-19/h4-7H,8-12H2,1-3H3. The van der Waals surface area contributed by atoms with Crippen LogP contribution in [0.5, 0.6) is 11.5 Å². The van der Waals surface area contributed by atoms with Crippen molar-refractivity contribution in [3.63, 3.8) is 0 Å². The van der Waals surface area contributed by atoms with Crippen LogP contribution in [0.3, 0.4) is 0 Å². The number of ketones is 1. The Morgan fingerprint density at radius 2 is 1.61 bits per heavy atom. The van der Waals surface area contributed by atoms with Crippen LogP contribution in [0.1, 0.15) is 27.2 Å². The number of hydrogen-bond donors (Lipinski definition) is 0. The number of carbonyl (C=O) groups excluding carboxylic acids is 3. The highest BCUT2D eigenvalue weighted by Crippen LogP contribution is 2.26. The van der Waals surface area contributed by atoms with Crippen molar-refractivity contribution in [3.8, 4) is 11.5 Å². The molecule has 1 aromatic rings. The maximum absolute atomic E-state index is 11.7. The number of para-hydroxylation sites is 2. The van der Waals surface area contributed by atoms with Crippen LogP contribution >= 0.6 is 0 Å². The number of rotatable bonds is 11. The van der Waals surface area contributed by atoms with Crippen LogP contribution in [0.25, 0.3) is 10.4 Å². The first-order valence-electron chi connectivity index (χ1n) is 8.46. The SMILES string of the molecule is CC(C)(C)OC(=O)COc1ccccc1OCC(=O)OCCC(=O)CN=[N+]=[N-]. The number of ether oxygens (including phenoxy) is 4. The number of benzene rings is 1. The van der Waals surface area contributed by atoms with E-state index in [2.05, 4.69) is 10.0 Å². The van der Waals surface area contributed by atoms with E-state index in [4.69, 9.17) is 24.5 Å². The molecule has 10 nitrogen and oxygen atoms in total. The molecule has 0 aromatic heterocycles. The number of azide groups is 1. The molecule has 0 fully saturated rings. The largest absolute Gasteiger partial charge is 0.478 e. The van der Waals surface area contributed by atoms with Gasteiger partial charge in [0.1, 0.15) is 11.4 Å². The van der Waals surface area contributed by atoms with Crippen molar-refractivity contribution < 1.29 is 33.3 Å². The lowest BCUT2D eigenvalue weighted by atomic mass is 10.2. The van der Waals surface area contributed by atoms with Crippen molar-refractivity contribution in [2.75, 3.05) is 26.4 Å². The number of esters is 2. The van der Waals surface area contributed by atoms with Gasteiger partial charge in [0.25, 0.3) is 0 Å². The van der Waals surface area contributed by atoms with E-state index >= 15 is 0 Å². The fourth-order valence-corrected chi connectivity index (χ4v) is 1.84. The van der Waals surface area contributed by atoms with Gasteiger partial charge < -0.3 is 18.9 Å². The summed E-state index contributed by atoms with van der Waals surface area (Å²) in [6.07, 6.45) is -0.0552. The minimum Gasteiger partial charge on any atom is -0.478 e. The van der Waals surface area contributed by atoms with Crippen molar-refractivity contribution in [1.82, 2.24) is 0 Å². The Morgan fingerprint density at radius 1 is 1.04 bits per heavy atom. The van der Waals surface area contributed by atoms with E-state index in [9.17, 15) is 14.4 Å². The average Bonchev–Trinajstić information content (AvgIpc) is 2.62. The molecular weight excluding hydrogens is 370 g/mol. The molecule has 0 atom stereocenters. The number of hydrogen-bond acceptors (Lipinski definition) is 8. The second-order valence-corrected chi connectivity index (χ2v) is 6.51. The number of carbonyl (C=O) groups is 3. The lowest BCUT2D eigenvalue weighted by molar-refractivity contribution is -0.157. The van der Waals surface area contributed by atoms with Crippen LogP contribution in [0.2, 0.25) is 0 Å². The highest BCUT2D eigenvalue weighted by atomic mass is 16.6. The molecule has 0 aliphatic rings. The van der Waals surface area contributed by atoms with E-state index in [0.29, 0.717) is 0 Å². The molecule has 0 unspecified atom stereocenters. The molecule has 0 spiro atoms. The van der Waals surface area contributed by atoms with Crippen LogP contribution in [0.15, 0.2) is 29.4 Å². The Bertz CT molecular complexity index is 737. The quantitative estimate of drug-likeness (QED) is 0.244. The van der Waals surface area contributed by atoms with Gasteiger partial charge >= 0.3 is 11.9 Å². The Kier molecular flexibility index (Phi) is 9.32. The van der Waals surface area contributed by atoms with E-state index < -0.39 is 24.1 Å². The molecule has 0 saturated carbocycles. The predicted molar refractivity (Wildman–Crippen MR) is 97.9 cm³/mol. The molecule has 0 bridgehead atoms. The van der Waals surface area contributed by atoms with Gasteiger partial charge in [-0.05, 0) is 38.4 Å². The summed E-state index contributed by atoms with van der Waals surface area (Å²) in [4.78, 5) is 37.2. The van der Waals surface area contributed by atoms with E-state index in [1.54, 1.807) is 45.0 Å². The zero-order chi connectivity index (χ0) is 21.0. The zero-order valence-corrected chi connectivity index (χ0v) is 16.0. The van der Waals surface area contributed by atoms with Gasteiger partial charge in [-0.3, -0.25) is 4.79 Å². The Morgan fingerprint density at radius 3 is 2.14 bits per heavy atom. The van der Waals surface area contributed by atoms with Crippen molar-refractivity contribution in [3.05, 3.63) is 34.7 Å². The summed E-state index contributed by atoms with van der Waals surface area (Å²) < 4.78 is 20.8. The van der Waals surface area contributed by atoms with E-state index in [1.807, 2.05) is 0 Å². The van der Waals surface area contributed by atoms with Crippen LogP contribution in [-0.4, -0.2) is 49.7 Å². The second kappa shape index (κ2) is 11.5. The first-order chi connectivity index (χ1) is 13.2. The molecule has 1 aromatic carbocycles. The summed E-state index contributed by atoms with van der Waals surface area (Å²) in [5.41, 5.74) is 7.49. The summed E-state index contributed by atoms with van der Waals surface area (Å²) in [5, 5.41) is 3.12. The van der Waals surface area contributed by atoms with Crippen molar-refractivity contribution in [2.24, 2.45) is 5.11 Å². The van der Waals surface area contributed by atoms with Crippen molar-refractivity contribution in [2.45, 2.75) is 32.8 Å². The smallest absolute Gasteiger partial charge is 0.344 e. The van der Waals surface area contributed by atoms with Gasteiger partial charge in [-0.1, -0.05) is 17.2 Å². The fourth-order valence-electron chi connectivity index (χ4n) is 1.84. The molecule has 1 rings (SSSR count). The summed E-state index contributed by atoms with van der Waals surface area (Å²) in [6, 6.07) is 6.51. The third-order valence-corrected chi connectivity index (χ3v) is 2.91. The third kappa shape index (κ3) is 10.0. The van der Waals surface area contributed by atoms with Gasteiger partial charge in [-0.15, -0.1) is 0 Å². The topological polar surface area (TPSA) is 137 Å². The van der Waals surface area contributed by atoms with Crippen LogP contribution in [0, 0.1) is 0 Å². The molecule has 0 N–H and O–H groups in total. The van der Waals surface area contributed by atoms with Gasteiger partial charge in [0.2, 0.25) is 0 Å². The Balaban J connectivity index is 2.44. The molecule has 0 amide bonds. The van der Waals surface area contributed by atoms with Crippen LogP contribution < -0.4 is 9.47 Å². The predicted octanol–water partition coefficient (Wildman–Crippen LogP) is 2.60. The monoisotopic (exact) mass is 393 g/mol. The summed E-state index contributed by atoms with van der Waals surface area (Å²) >= 11 is 0. The molecule has 0 heterocycles. The van der Waals surface area contributed by atoms with E-state index in [1.165, 1.54) is 0 Å². The average molecular weight is 393 g/mol. The van der Waals surface area contributed by atoms with E-state index in [0.717, 1.165) is 0 Å². The summed E-state index contributed by atoms with van der Waals surface area (Å²) in [5.74, 6) is -1.04. The minimum absolute atomic E-state index is 0.0552. The van der Waals surface area contributed by atoms with Gasteiger partial charge in [0, 0.05) is 11.3 Å². The van der Waals surface area contributed by atoms with Gasteiger partial charge in [0.15, 0.2) is 24.7 Å². The molecule has 0 saturated heterocycles. The highest BCUT2D eigenvalue weighted by molar-refractivity contribution is 5.81. The second-order valence-electron chi connectivity index (χ2n) is 6.51. The van der Waals surface area contributed by atoms with Crippen LogP contribution in [-0.2, 0) is 23.9 Å². The lowest BCUT2D eigenvalue weighted by Gasteiger charge is -2.19.